The second kappa shape index (κ2) is 4.99. The predicted molar refractivity (Wildman–Crippen MR) is 94.3 cm³/mol. The average molecular weight is 326 g/mol. The molecular weight excluding hydrogens is 296 g/mol. The van der Waals surface area contributed by atoms with Gasteiger partial charge in [0, 0.05) is 18.3 Å². The number of carbonyl (C=O) groups is 1. The molecule has 0 saturated heterocycles. The molecule has 2 heteroatoms. The van der Waals surface area contributed by atoms with E-state index in [0.29, 0.717) is 11.2 Å². The summed E-state index contributed by atoms with van der Waals surface area (Å²) in [5.74, 6) is 4.21. The minimum Gasteiger partial charge on any atom is -0.501 e. The maximum atomic E-state index is 12.5. The Balaban J connectivity index is 1.45. The third-order valence-corrected chi connectivity index (χ3v) is 9.00. The van der Waals surface area contributed by atoms with E-state index >= 15 is 0 Å². The fraction of sp³-hybridized carbons (Fsp3) is 0.773. The first kappa shape index (κ1) is 15.2. The van der Waals surface area contributed by atoms with Crippen molar-refractivity contribution in [2.24, 2.45) is 28.6 Å². The van der Waals surface area contributed by atoms with Gasteiger partial charge in [-0.1, -0.05) is 18.1 Å². The van der Waals surface area contributed by atoms with Crippen molar-refractivity contribution >= 4 is 5.78 Å². The fourth-order valence-electron chi connectivity index (χ4n) is 7.58. The second-order valence-corrected chi connectivity index (χ2v) is 9.30. The van der Waals surface area contributed by atoms with Crippen LogP contribution >= 0.6 is 0 Å². The molecule has 5 atom stereocenters. The van der Waals surface area contributed by atoms with Crippen molar-refractivity contribution in [3.8, 4) is 0 Å². The van der Waals surface area contributed by atoms with E-state index in [4.69, 9.17) is 4.74 Å². The number of methoxy groups -OCH3 is 1. The monoisotopic (exact) mass is 326 g/mol. The zero-order chi connectivity index (χ0) is 16.5. The predicted octanol–water partition coefficient (Wildman–Crippen LogP) is 5.19. The smallest absolute Gasteiger partial charge is 0.139 e. The lowest BCUT2D eigenvalue weighted by Gasteiger charge is -2.57. The van der Waals surface area contributed by atoms with Crippen molar-refractivity contribution in [3.63, 3.8) is 0 Å². The van der Waals surface area contributed by atoms with E-state index in [1.54, 1.807) is 11.1 Å². The summed E-state index contributed by atoms with van der Waals surface area (Å²) in [6.07, 6.45) is 14.3. The fourth-order valence-corrected chi connectivity index (χ4v) is 7.58. The number of carbonyl (C=O) groups excluding carboxylic acids is 1. The van der Waals surface area contributed by atoms with Gasteiger partial charge in [0.25, 0.3) is 0 Å². The Labute approximate surface area is 145 Å². The van der Waals surface area contributed by atoms with Gasteiger partial charge in [0.05, 0.1) is 12.9 Å². The molecule has 0 amide bonds. The summed E-state index contributed by atoms with van der Waals surface area (Å²) in [7, 11) is 1.81. The summed E-state index contributed by atoms with van der Waals surface area (Å²) >= 11 is 0. The molecule has 3 fully saturated rings. The zero-order valence-corrected chi connectivity index (χ0v) is 15.2. The van der Waals surface area contributed by atoms with E-state index in [-0.39, 0.29) is 5.41 Å². The quantitative estimate of drug-likeness (QED) is 0.620. The highest BCUT2D eigenvalue weighted by Gasteiger charge is 2.67. The zero-order valence-electron chi connectivity index (χ0n) is 15.2. The van der Waals surface area contributed by atoms with Gasteiger partial charge >= 0.3 is 0 Å². The molecule has 0 aromatic heterocycles. The second-order valence-electron chi connectivity index (χ2n) is 9.30. The summed E-state index contributed by atoms with van der Waals surface area (Å²) in [4.78, 5) is 12.5. The summed E-state index contributed by atoms with van der Waals surface area (Å²) in [6, 6.07) is 0. The summed E-state index contributed by atoms with van der Waals surface area (Å²) < 4.78 is 5.51. The van der Waals surface area contributed by atoms with Crippen LogP contribution in [0.3, 0.4) is 0 Å². The highest BCUT2D eigenvalue weighted by molar-refractivity contribution is 5.91. The van der Waals surface area contributed by atoms with E-state index in [2.05, 4.69) is 13.0 Å². The minimum absolute atomic E-state index is 0.0903. The molecule has 0 radical (unpaired) electrons. The van der Waals surface area contributed by atoms with Crippen molar-refractivity contribution in [2.75, 3.05) is 7.11 Å². The van der Waals surface area contributed by atoms with Crippen LogP contribution in [-0.2, 0) is 9.53 Å². The molecule has 0 N–H and O–H groups in total. The number of hydrogen-bond donors (Lipinski definition) is 0. The van der Waals surface area contributed by atoms with Gasteiger partial charge in [0.2, 0.25) is 0 Å². The van der Waals surface area contributed by atoms with Gasteiger partial charge in [-0.15, -0.1) is 0 Å². The average Bonchev–Trinajstić information content (AvgIpc) is 2.94. The molecule has 5 aliphatic rings. The molecule has 0 aliphatic heterocycles. The third-order valence-electron chi connectivity index (χ3n) is 9.00. The van der Waals surface area contributed by atoms with Crippen molar-refractivity contribution in [1.29, 1.82) is 0 Å². The number of ether oxygens (including phenoxy) is 1. The van der Waals surface area contributed by atoms with Crippen molar-refractivity contribution in [3.05, 3.63) is 23.0 Å². The van der Waals surface area contributed by atoms with Gasteiger partial charge in [-0.3, -0.25) is 4.79 Å². The van der Waals surface area contributed by atoms with E-state index < -0.39 is 0 Å². The molecule has 24 heavy (non-hydrogen) atoms. The number of allylic oxidation sites excluding steroid dienone is 3. The van der Waals surface area contributed by atoms with Crippen LogP contribution in [0.5, 0.6) is 0 Å². The maximum absolute atomic E-state index is 12.5. The lowest BCUT2D eigenvalue weighted by atomic mass is 9.46. The lowest BCUT2D eigenvalue weighted by molar-refractivity contribution is -0.153. The summed E-state index contributed by atoms with van der Waals surface area (Å²) in [5, 5.41) is 0. The van der Waals surface area contributed by atoms with Crippen LogP contribution in [0.2, 0.25) is 0 Å². The molecule has 2 nitrogen and oxygen atoms in total. The molecule has 0 unspecified atom stereocenters. The Morgan fingerprint density at radius 2 is 2.00 bits per heavy atom. The third kappa shape index (κ3) is 1.70. The first-order valence-corrected chi connectivity index (χ1v) is 10.1. The molecule has 0 bridgehead atoms. The topological polar surface area (TPSA) is 26.3 Å². The van der Waals surface area contributed by atoms with Crippen LogP contribution in [0, 0.1) is 28.6 Å². The summed E-state index contributed by atoms with van der Waals surface area (Å²) in [6.45, 7) is 2.49. The highest BCUT2D eigenvalue weighted by atomic mass is 16.5. The van der Waals surface area contributed by atoms with Crippen LogP contribution in [0.1, 0.15) is 71.1 Å². The Morgan fingerprint density at radius 1 is 1.12 bits per heavy atom. The Morgan fingerprint density at radius 3 is 2.71 bits per heavy atom. The Bertz CT molecular complexity index is 657. The lowest BCUT2D eigenvalue weighted by Crippen LogP contribution is -2.55. The molecule has 0 aromatic rings. The van der Waals surface area contributed by atoms with Gasteiger partial charge in [-0.2, -0.15) is 0 Å². The Kier molecular flexibility index (Phi) is 3.16. The van der Waals surface area contributed by atoms with Crippen LogP contribution < -0.4 is 0 Å². The van der Waals surface area contributed by atoms with Crippen molar-refractivity contribution < 1.29 is 9.53 Å². The molecule has 5 aliphatic carbocycles. The first-order valence-electron chi connectivity index (χ1n) is 10.1. The number of fused-ring (bicyclic) bond motifs is 5. The molecule has 0 heterocycles. The number of hydrogen-bond acceptors (Lipinski definition) is 2. The van der Waals surface area contributed by atoms with E-state index in [1.807, 2.05) is 7.11 Å². The molecule has 130 valence electrons. The first-order chi connectivity index (χ1) is 11.6. The van der Waals surface area contributed by atoms with Gasteiger partial charge in [0.15, 0.2) is 0 Å². The largest absolute Gasteiger partial charge is 0.501 e. The van der Waals surface area contributed by atoms with Crippen LogP contribution in [0.25, 0.3) is 0 Å². The maximum Gasteiger partial charge on any atom is 0.139 e. The summed E-state index contributed by atoms with van der Waals surface area (Å²) in [5.41, 5.74) is 3.85. The van der Waals surface area contributed by atoms with Gasteiger partial charge in [0.1, 0.15) is 5.78 Å². The molecule has 5 rings (SSSR count). The standard InChI is InChI=1S/C22H30O2/c1-21-10-7-17-16-6-4-15(24-2)13-14(16)3-5-18(17)19(21)8-11-22(21)12-9-20(22)23/h4,17-19H,3,5-13H2,1-2H3/t17-,18-,19+,21+,22+/m1/s1. The van der Waals surface area contributed by atoms with Crippen LogP contribution in [0.15, 0.2) is 23.0 Å². The van der Waals surface area contributed by atoms with Crippen LogP contribution in [0.4, 0.5) is 0 Å². The number of Topliss-reactive ketones (excluding diaryl/α,β-unsaturated/α-hetero) is 1. The van der Waals surface area contributed by atoms with E-state index in [0.717, 1.165) is 37.0 Å². The molecular formula is C22H30O2. The van der Waals surface area contributed by atoms with Gasteiger partial charge < -0.3 is 4.74 Å². The van der Waals surface area contributed by atoms with Crippen molar-refractivity contribution in [1.82, 2.24) is 0 Å². The van der Waals surface area contributed by atoms with Crippen molar-refractivity contribution in [2.45, 2.75) is 71.1 Å². The number of ketones is 1. The molecule has 3 saturated carbocycles. The SMILES string of the molecule is COC1=CCC2=C(CC[C@@H]3[C@@H]2CC[C@@]2(C)[C@H]3CC[C@@]23CCC3=O)C1. The number of rotatable bonds is 1. The Hall–Kier alpha value is -1.05. The van der Waals surface area contributed by atoms with E-state index in [1.165, 1.54) is 50.7 Å². The van der Waals surface area contributed by atoms with Gasteiger partial charge in [-0.05, 0) is 80.6 Å². The molecule has 0 aromatic carbocycles. The normalized spacial score (nSPS) is 46.8. The highest BCUT2D eigenvalue weighted by Crippen LogP contribution is 2.71. The van der Waals surface area contributed by atoms with E-state index in [9.17, 15) is 4.79 Å². The minimum atomic E-state index is 0.0903. The molecule has 1 spiro atoms. The van der Waals surface area contributed by atoms with Gasteiger partial charge in [-0.25, -0.2) is 0 Å². The van der Waals surface area contributed by atoms with Crippen LogP contribution in [-0.4, -0.2) is 12.9 Å².